The minimum absolute atomic E-state index is 0.000287. The van der Waals surface area contributed by atoms with Crippen LogP contribution in [0.1, 0.15) is 30.2 Å². The molecule has 1 aliphatic rings. The number of nitrogens with one attached hydrogen (secondary N) is 2. The summed E-state index contributed by atoms with van der Waals surface area (Å²) in [6.45, 7) is 0.583. The Hall–Kier alpha value is -2.14. The van der Waals surface area contributed by atoms with Gasteiger partial charge in [0, 0.05) is 12.5 Å². The number of amides is 1. The monoisotopic (exact) mass is 288 g/mol. The van der Waals surface area contributed by atoms with Crippen molar-refractivity contribution in [3.8, 4) is 0 Å². The van der Waals surface area contributed by atoms with Crippen LogP contribution in [0.3, 0.4) is 0 Å². The fraction of sp³-hybridized carbons (Fsp3) is 0.312. The molecule has 2 N–H and O–H groups in total. The molecule has 1 fully saturated rings. The van der Waals surface area contributed by atoms with Crippen molar-refractivity contribution in [1.29, 1.82) is 0 Å². The Labute approximate surface area is 122 Å². The molecule has 21 heavy (non-hydrogen) atoms. The summed E-state index contributed by atoms with van der Waals surface area (Å²) in [5, 5.41) is 6.32. The molecule has 1 aromatic heterocycles. The molecule has 3 rings (SSSR count). The van der Waals surface area contributed by atoms with Gasteiger partial charge in [-0.15, -0.1) is 0 Å². The maximum Gasteiger partial charge on any atom is 0.220 e. The molecule has 1 amide bonds. The Morgan fingerprint density at radius 1 is 1.33 bits per heavy atom. The minimum atomic E-state index is -0.294. The first-order valence-corrected chi connectivity index (χ1v) is 7.03. The number of piperidine rings is 1. The van der Waals surface area contributed by atoms with E-state index in [1.165, 1.54) is 12.1 Å². The van der Waals surface area contributed by atoms with Gasteiger partial charge in [-0.25, -0.2) is 4.39 Å². The first-order valence-electron chi connectivity index (χ1n) is 7.03. The van der Waals surface area contributed by atoms with Gasteiger partial charge in [0.15, 0.2) is 0 Å². The Morgan fingerprint density at radius 3 is 3.00 bits per heavy atom. The topological polar surface area (TPSA) is 54.3 Å². The Bertz CT molecular complexity index is 612. The number of rotatable bonds is 4. The van der Waals surface area contributed by atoms with E-state index in [0.29, 0.717) is 19.4 Å². The van der Waals surface area contributed by atoms with Crippen LogP contribution in [-0.4, -0.2) is 11.9 Å². The smallest absolute Gasteiger partial charge is 0.220 e. The SMILES string of the molecule is O=C1CC[C@@H](NCc2ccco2)[C@H](c2cccc(F)c2)N1. The maximum atomic E-state index is 13.4. The fourth-order valence-corrected chi connectivity index (χ4v) is 2.68. The van der Waals surface area contributed by atoms with Gasteiger partial charge in [-0.1, -0.05) is 12.1 Å². The summed E-state index contributed by atoms with van der Waals surface area (Å²) >= 11 is 0. The molecular weight excluding hydrogens is 271 g/mol. The highest BCUT2D eigenvalue weighted by atomic mass is 19.1. The summed E-state index contributed by atoms with van der Waals surface area (Å²) in [6, 6.07) is 9.93. The summed E-state index contributed by atoms with van der Waals surface area (Å²) < 4.78 is 18.7. The van der Waals surface area contributed by atoms with Gasteiger partial charge in [0.25, 0.3) is 0 Å². The van der Waals surface area contributed by atoms with Crippen LogP contribution in [0.4, 0.5) is 4.39 Å². The lowest BCUT2D eigenvalue weighted by atomic mass is 9.92. The van der Waals surface area contributed by atoms with Crippen LogP contribution in [-0.2, 0) is 11.3 Å². The largest absolute Gasteiger partial charge is 0.468 e. The van der Waals surface area contributed by atoms with Gasteiger partial charge >= 0.3 is 0 Å². The molecule has 0 unspecified atom stereocenters. The standard InChI is InChI=1S/C16H17FN2O2/c17-12-4-1-3-11(9-12)16-14(6-7-15(20)19-16)18-10-13-5-2-8-21-13/h1-5,8-9,14,16,18H,6-7,10H2,(H,19,20)/t14-,16+/m1/s1. The molecule has 2 aromatic rings. The Kier molecular flexibility index (Phi) is 4.01. The van der Waals surface area contributed by atoms with Crippen LogP contribution in [0, 0.1) is 5.82 Å². The molecule has 1 aliphatic heterocycles. The summed E-state index contributed by atoms with van der Waals surface area (Å²) in [5.74, 6) is 0.544. The van der Waals surface area contributed by atoms with E-state index in [2.05, 4.69) is 10.6 Å². The Morgan fingerprint density at radius 2 is 2.24 bits per heavy atom. The van der Waals surface area contributed by atoms with Crippen LogP contribution in [0.25, 0.3) is 0 Å². The van der Waals surface area contributed by atoms with Gasteiger partial charge in [0.05, 0.1) is 18.8 Å². The molecule has 4 nitrogen and oxygen atoms in total. The molecular formula is C16H17FN2O2. The first kappa shape index (κ1) is 13.8. The summed E-state index contributed by atoms with van der Waals surface area (Å²) in [4.78, 5) is 11.7. The number of halogens is 1. The van der Waals surface area contributed by atoms with Crippen LogP contribution < -0.4 is 10.6 Å². The van der Waals surface area contributed by atoms with Crippen molar-refractivity contribution >= 4 is 5.91 Å². The van der Waals surface area contributed by atoms with E-state index in [0.717, 1.165) is 11.3 Å². The molecule has 110 valence electrons. The van der Waals surface area contributed by atoms with Gasteiger partial charge in [-0.05, 0) is 36.2 Å². The highest BCUT2D eigenvalue weighted by Gasteiger charge is 2.29. The number of hydrogen-bond donors (Lipinski definition) is 2. The van der Waals surface area contributed by atoms with Crippen molar-refractivity contribution in [2.24, 2.45) is 0 Å². The second-order valence-electron chi connectivity index (χ2n) is 5.21. The lowest BCUT2D eigenvalue weighted by molar-refractivity contribution is -0.123. The zero-order valence-corrected chi connectivity index (χ0v) is 11.5. The van der Waals surface area contributed by atoms with Gasteiger partial charge < -0.3 is 15.1 Å². The van der Waals surface area contributed by atoms with Crippen molar-refractivity contribution in [3.05, 3.63) is 59.8 Å². The molecule has 0 bridgehead atoms. The Balaban J connectivity index is 1.74. The zero-order chi connectivity index (χ0) is 14.7. The van der Waals surface area contributed by atoms with Gasteiger partial charge in [0.1, 0.15) is 11.6 Å². The second kappa shape index (κ2) is 6.10. The lowest BCUT2D eigenvalue weighted by Crippen LogP contribution is -2.48. The third kappa shape index (κ3) is 3.31. The van der Waals surface area contributed by atoms with Crippen LogP contribution in [0.5, 0.6) is 0 Å². The van der Waals surface area contributed by atoms with E-state index >= 15 is 0 Å². The number of carbonyl (C=O) groups excluding carboxylic acids is 1. The van der Waals surface area contributed by atoms with Gasteiger partial charge in [0.2, 0.25) is 5.91 Å². The molecule has 0 radical (unpaired) electrons. The first-order chi connectivity index (χ1) is 10.2. The molecule has 0 aliphatic carbocycles. The second-order valence-corrected chi connectivity index (χ2v) is 5.21. The van der Waals surface area contributed by atoms with Gasteiger partial charge in [-0.2, -0.15) is 0 Å². The highest BCUT2D eigenvalue weighted by molar-refractivity contribution is 5.77. The molecule has 0 saturated carbocycles. The zero-order valence-electron chi connectivity index (χ0n) is 11.5. The van der Waals surface area contributed by atoms with E-state index in [9.17, 15) is 9.18 Å². The van der Waals surface area contributed by atoms with E-state index in [-0.39, 0.29) is 23.8 Å². The van der Waals surface area contributed by atoms with Crippen molar-refractivity contribution in [3.63, 3.8) is 0 Å². The highest BCUT2D eigenvalue weighted by Crippen LogP contribution is 2.25. The number of benzene rings is 1. The molecule has 5 heteroatoms. The molecule has 2 atom stereocenters. The molecule has 0 spiro atoms. The maximum absolute atomic E-state index is 13.4. The predicted octanol–water partition coefficient (Wildman–Crippen LogP) is 2.53. The van der Waals surface area contributed by atoms with Crippen molar-refractivity contribution in [2.75, 3.05) is 0 Å². The number of hydrogen-bond acceptors (Lipinski definition) is 3. The molecule has 1 aromatic carbocycles. The number of furan rings is 1. The third-order valence-electron chi connectivity index (χ3n) is 3.73. The molecule has 1 saturated heterocycles. The number of carbonyl (C=O) groups is 1. The van der Waals surface area contributed by atoms with Crippen molar-refractivity contribution in [2.45, 2.75) is 31.5 Å². The summed E-state index contributed by atoms with van der Waals surface area (Å²) in [5.41, 5.74) is 0.778. The summed E-state index contributed by atoms with van der Waals surface area (Å²) in [6.07, 6.45) is 2.82. The van der Waals surface area contributed by atoms with E-state index in [1.54, 1.807) is 12.3 Å². The van der Waals surface area contributed by atoms with Crippen LogP contribution in [0.15, 0.2) is 47.1 Å². The normalized spacial score (nSPS) is 22.0. The predicted molar refractivity (Wildman–Crippen MR) is 75.9 cm³/mol. The van der Waals surface area contributed by atoms with Crippen molar-refractivity contribution < 1.29 is 13.6 Å². The lowest BCUT2D eigenvalue weighted by Gasteiger charge is -2.33. The van der Waals surface area contributed by atoms with Crippen LogP contribution in [0.2, 0.25) is 0 Å². The average Bonchev–Trinajstić information content (AvgIpc) is 2.99. The van der Waals surface area contributed by atoms with E-state index < -0.39 is 0 Å². The molecule has 2 heterocycles. The fourth-order valence-electron chi connectivity index (χ4n) is 2.68. The van der Waals surface area contributed by atoms with Crippen molar-refractivity contribution in [1.82, 2.24) is 10.6 Å². The summed E-state index contributed by atoms with van der Waals surface area (Å²) in [7, 11) is 0. The average molecular weight is 288 g/mol. The third-order valence-corrected chi connectivity index (χ3v) is 3.73. The van der Waals surface area contributed by atoms with Gasteiger partial charge in [-0.3, -0.25) is 4.79 Å². The van der Waals surface area contributed by atoms with Crippen LogP contribution >= 0.6 is 0 Å². The minimum Gasteiger partial charge on any atom is -0.468 e. The quantitative estimate of drug-likeness (QED) is 0.909. The van der Waals surface area contributed by atoms with E-state index in [1.807, 2.05) is 18.2 Å². The van der Waals surface area contributed by atoms with E-state index in [4.69, 9.17) is 4.42 Å².